The van der Waals surface area contributed by atoms with Crippen molar-refractivity contribution in [2.24, 2.45) is 0 Å². The normalized spacial score (nSPS) is 10.7. The molecule has 212 valence electrons. The molecule has 0 aliphatic rings. The van der Waals surface area contributed by atoms with E-state index in [1.165, 1.54) is 0 Å². The molecule has 4 aromatic heterocycles. The van der Waals surface area contributed by atoms with Gasteiger partial charge in [0.1, 0.15) is 17.7 Å². The lowest BCUT2D eigenvalue weighted by Crippen LogP contribution is -1.91. The first-order valence-corrected chi connectivity index (χ1v) is 12.1. The maximum absolute atomic E-state index is 12.6. The van der Waals surface area contributed by atoms with E-state index in [2.05, 4.69) is 47.9 Å². The van der Waals surface area contributed by atoms with Crippen LogP contribution in [0.15, 0.2) is 24.0 Å². The maximum atomic E-state index is 12.6. The van der Waals surface area contributed by atoms with Crippen molar-refractivity contribution in [2.45, 2.75) is 86.0 Å². The van der Waals surface area contributed by atoms with Gasteiger partial charge in [-0.3, -0.25) is 0 Å². The molecule has 0 unspecified atom stereocenters. The lowest BCUT2D eigenvalue weighted by Gasteiger charge is -1.97. The molecule has 0 spiro atoms. The molecule has 4 heterocycles. The van der Waals surface area contributed by atoms with Crippen molar-refractivity contribution in [1.29, 1.82) is 0 Å². The van der Waals surface area contributed by atoms with Crippen LogP contribution in [0.5, 0.6) is 0 Å². The number of nitrogens with two attached hydrogens (primary N) is 4. The van der Waals surface area contributed by atoms with E-state index >= 15 is 0 Å². The Hall–Kier alpha value is -4.10. The van der Waals surface area contributed by atoms with E-state index < -0.39 is 6.01 Å². The molecule has 0 aromatic carbocycles. The number of nitrogens with zero attached hydrogens (tertiary/aromatic N) is 5. The lowest BCUT2D eigenvalue weighted by molar-refractivity contribution is 0.360. The SMILES string of the molecule is CC(C)c1coc(N)n1.CC(C)c1nc(N)oc1F.CC(C)c1noc(N)n1.Cc1oc(N)nc1C(C)C. The van der Waals surface area contributed by atoms with Gasteiger partial charge in [-0.1, -0.05) is 60.5 Å². The van der Waals surface area contributed by atoms with Crippen LogP contribution in [0.25, 0.3) is 0 Å². The number of hydrogen-bond donors (Lipinski definition) is 4. The van der Waals surface area contributed by atoms with Gasteiger partial charge < -0.3 is 40.7 Å². The van der Waals surface area contributed by atoms with E-state index in [1.807, 2.05) is 48.5 Å². The van der Waals surface area contributed by atoms with E-state index in [9.17, 15) is 4.39 Å². The molecule has 0 atom stereocenters. The first kappa shape index (κ1) is 31.9. The summed E-state index contributed by atoms with van der Waals surface area (Å²) in [5, 5.41) is 3.60. The van der Waals surface area contributed by atoms with E-state index in [0.29, 0.717) is 17.7 Å². The Labute approximate surface area is 221 Å². The monoisotopic (exact) mass is 537 g/mol. The molecule has 0 saturated carbocycles. The number of rotatable bonds is 4. The number of oxazole rings is 3. The third kappa shape index (κ3) is 10.5. The maximum Gasteiger partial charge on any atom is 0.318 e. The zero-order valence-electron chi connectivity index (χ0n) is 23.4. The average Bonchev–Trinajstić information content (AvgIpc) is 3.58. The molecule has 0 fully saturated rings. The predicted molar refractivity (Wildman–Crippen MR) is 143 cm³/mol. The topological polar surface area (TPSA) is 221 Å². The Morgan fingerprint density at radius 3 is 1.42 bits per heavy atom. The van der Waals surface area contributed by atoms with Crippen LogP contribution in [-0.2, 0) is 0 Å². The van der Waals surface area contributed by atoms with Crippen molar-refractivity contribution in [3.63, 3.8) is 0 Å². The Kier molecular flexibility index (Phi) is 12.3. The smallest absolute Gasteiger partial charge is 0.318 e. The van der Waals surface area contributed by atoms with E-state index in [0.717, 1.165) is 17.1 Å². The quantitative estimate of drug-likeness (QED) is 0.257. The van der Waals surface area contributed by atoms with Crippen LogP contribution in [0.3, 0.4) is 0 Å². The summed E-state index contributed by atoms with van der Waals surface area (Å²) >= 11 is 0. The number of halogens is 1. The van der Waals surface area contributed by atoms with E-state index in [-0.39, 0.29) is 41.6 Å². The van der Waals surface area contributed by atoms with Crippen molar-refractivity contribution >= 4 is 24.1 Å². The summed E-state index contributed by atoms with van der Waals surface area (Å²) in [6, 6.07) is -0.132. The molecule has 14 heteroatoms. The summed E-state index contributed by atoms with van der Waals surface area (Å²) in [7, 11) is 0. The standard InChI is InChI=1S/C7H12N2O.C6H9FN2O.C6H10N2O.C5H9N3O/c1-4(2)6-5(3)10-7(8)9-6;1-3(2)4-5(7)10-6(8)9-4;1-4(2)5-3-9-6(7)8-5;1-3(2)4-7-5(6)9-8-4/h4H,1-3H3,(H2,8,9);3H,1-2H3,(H2,8,9);3-4H,1-2H3,(H2,7,8);3H,1-2H3,(H2,6,7,8). The Balaban J connectivity index is 0.000000254. The molecule has 0 radical (unpaired) electrons. The highest BCUT2D eigenvalue weighted by atomic mass is 19.1. The van der Waals surface area contributed by atoms with Gasteiger partial charge in [-0.2, -0.15) is 24.3 Å². The molecule has 0 saturated heterocycles. The fourth-order valence-electron chi connectivity index (χ4n) is 2.70. The van der Waals surface area contributed by atoms with Gasteiger partial charge in [0.15, 0.2) is 5.82 Å². The molecule has 38 heavy (non-hydrogen) atoms. The number of nitrogen functional groups attached to an aromatic ring is 4. The molecular formula is C24H40FN9O4. The lowest BCUT2D eigenvalue weighted by atomic mass is 10.1. The molecular weight excluding hydrogens is 497 g/mol. The summed E-state index contributed by atoms with van der Waals surface area (Å²) in [5.41, 5.74) is 23.0. The van der Waals surface area contributed by atoms with Crippen LogP contribution < -0.4 is 22.9 Å². The van der Waals surface area contributed by atoms with Gasteiger partial charge in [0, 0.05) is 11.8 Å². The van der Waals surface area contributed by atoms with Crippen molar-refractivity contribution in [2.75, 3.05) is 22.9 Å². The van der Waals surface area contributed by atoms with Crippen LogP contribution in [0.2, 0.25) is 0 Å². The van der Waals surface area contributed by atoms with E-state index in [4.69, 9.17) is 31.8 Å². The first-order valence-electron chi connectivity index (χ1n) is 12.1. The van der Waals surface area contributed by atoms with Crippen molar-refractivity contribution in [1.82, 2.24) is 25.1 Å². The number of anilines is 4. The largest absolute Gasteiger partial charge is 0.432 e. The minimum absolute atomic E-state index is 0.0149. The summed E-state index contributed by atoms with van der Waals surface area (Å²) in [6.07, 6.45) is 1.58. The molecule has 0 aliphatic heterocycles. The summed E-state index contributed by atoms with van der Waals surface area (Å²) in [5.74, 6) is 2.57. The Bertz CT molecular complexity index is 1130. The van der Waals surface area contributed by atoms with Crippen LogP contribution in [0, 0.1) is 12.9 Å². The van der Waals surface area contributed by atoms with Gasteiger partial charge in [0.25, 0.3) is 18.0 Å². The van der Waals surface area contributed by atoms with Crippen molar-refractivity contribution in [3.8, 4) is 0 Å². The molecule has 4 rings (SSSR count). The van der Waals surface area contributed by atoms with Gasteiger partial charge >= 0.3 is 12.0 Å². The second-order valence-corrected chi connectivity index (χ2v) is 9.42. The van der Waals surface area contributed by atoms with Gasteiger partial charge in [0.05, 0.1) is 11.4 Å². The third-order valence-corrected chi connectivity index (χ3v) is 4.67. The van der Waals surface area contributed by atoms with Crippen LogP contribution in [-0.4, -0.2) is 25.1 Å². The Morgan fingerprint density at radius 1 is 0.658 bits per heavy atom. The van der Waals surface area contributed by atoms with Crippen LogP contribution in [0.1, 0.15) is 108 Å². The minimum atomic E-state index is -0.674. The zero-order valence-corrected chi connectivity index (χ0v) is 23.4. The summed E-state index contributed by atoms with van der Waals surface area (Å²) in [4.78, 5) is 15.4. The molecule has 13 nitrogen and oxygen atoms in total. The number of aryl methyl sites for hydroxylation is 1. The zero-order chi connectivity index (χ0) is 29.2. The fourth-order valence-corrected chi connectivity index (χ4v) is 2.70. The number of aromatic nitrogens is 5. The molecule has 0 bridgehead atoms. The second kappa shape index (κ2) is 14.6. The van der Waals surface area contributed by atoms with E-state index in [1.54, 1.807) is 6.26 Å². The second-order valence-electron chi connectivity index (χ2n) is 9.42. The highest BCUT2D eigenvalue weighted by Crippen LogP contribution is 2.20. The first-order chi connectivity index (χ1) is 17.6. The van der Waals surface area contributed by atoms with Crippen LogP contribution >= 0.6 is 0 Å². The molecule has 4 aromatic rings. The number of hydrogen-bond acceptors (Lipinski definition) is 13. The van der Waals surface area contributed by atoms with Crippen LogP contribution in [0.4, 0.5) is 28.4 Å². The van der Waals surface area contributed by atoms with Gasteiger partial charge in [-0.25, -0.2) is 0 Å². The molecule has 0 amide bonds. The Morgan fingerprint density at radius 2 is 1.21 bits per heavy atom. The highest BCUT2D eigenvalue weighted by Gasteiger charge is 2.13. The third-order valence-electron chi connectivity index (χ3n) is 4.67. The minimum Gasteiger partial charge on any atom is -0.432 e. The van der Waals surface area contributed by atoms with Crippen molar-refractivity contribution in [3.05, 3.63) is 40.9 Å². The van der Waals surface area contributed by atoms with Crippen molar-refractivity contribution < 1.29 is 22.2 Å². The van der Waals surface area contributed by atoms with Gasteiger partial charge in [0.2, 0.25) is 0 Å². The molecule has 8 N–H and O–H groups in total. The average molecular weight is 538 g/mol. The predicted octanol–water partition coefficient (Wildman–Crippen LogP) is 5.36. The van der Waals surface area contributed by atoms with Gasteiger partial charge in [-0.15, -0.1) is 0 Å². The summed E-state index contributed by atoms with van der Waals surface area (Å²) in [6.45, 7) is 17.7. The molecule has 0 aliphatic carbocycles. The fraction of sp³-hybridized carbons (Fsp3) is 0.542. The summed E-state index contributed by atoms with van der Waals surface area (Å²) < 4.78 is 31.3. The highest BCUT2D eigenvalue weighted by molar-refractivity contribution is 5.21. The van der Waals surface area contributed by atoms with Gasteiger partial charge in [-0.05, 0) is 18.8 Å².